The second kappa shape index (κ2) is 3.80. The van der Waals surface area contributed by atoms with Crippen molar-refractivity contribution in [2.45, 2.75) is 13.0 Å². The molecule has 17 heavy (non-hydrogen) atoms. The summed E-state index contributed by atoms with van der Waals surface area (Å²) in [5.74, 6) is 0. The first-order valence-electron chi connectivity index (χ1n) is 5.67. The van der Waals surface area contributed by atoms with Crippen molar-refractivity contribution in [3.05, 3.63) is 34.5 Å². The Morgan fingerprint density at radius 2 is 2.24 bits per heavy atom. The topological polar surface area (TPSA) is 8.17 Å². The summed E-state index contributed by atoms with van der Waals surface area (Å²) in [6.45, 7) is 1.98. The van der Waals surface area contributed by atoms with Gasteiger partial charge < -0.3 is 4.90 Å². The number of hydrogen-bond donors (Lipinski definition) is 0. The number of halogens is 1. The number of rotatable bonds is 0. The lowest BCUT2D eigenvalue weighted by Gasteiger charge is -2.23. The highest BCUT2D eigenvalue weighted by atomic mass is 35.5. The minimum absolute atomic E-state index is 0.772. The predicted octanol–water partition coefficient (Wildman–Crippen LogP) is 2.72. The van der Waals surface area contributed by atoms with Crippen molar-refractivity contribution in [2.24, 2.45) is 0 Å². The first-order valence-corrected chi connectivity index (χ1v) is 6.05. The molecule has 1 aromatic carbocycles. The molecule has 0 unspecified atom stereocenters. The van der Waals surface area contributed by atoms with E-state index in [1.807, 2.05) is 22.8 Å². The van der Waals surface area contributed by atoms with Crippen LogP contribution in [0, 0.1) is 12.5 Å². The first-order chi connectivity index (χ1) is 8.20. The Bertz CT molecular complexity index is 634. The molecule has 0 fully saturated rings. The normalized spacial score (nSPS) is 15.8. The van der Waals surface area contributed by atoms with Gasteiger partial charge in [0.05, 0.1) is 5.52 Å². The fourth-order valence-electron chi connectivity index (χ4n) is 2.61. The van der Waals surface area contributed by atoms with Crippen LogP contribution in [0.3, 0.4) is 0 Å². The monoisotopic (exact) mass is 244 g/mol. The number of fused-ring (bicyclic) bond motifs is 3. The van der Waals surface area contributed by atoms with Gasteiger partial charge in [-0.3, -0.25) is 4.57 Å². The summed E-state index contributed by atoms with van der Waals surface area (Å²) in [5.41, 5.74) is 3.69. The van der Waals surface area contributed by atoms with E-state index in [0.717, 1.165) is 30.0 Å². The van der Waals surface area contributed by atoms with E-state index in [-0.39, 0.29) is 0 Å². The molecular formula is C14H13ClN2. The van der Waals surface area contributed by atoms with Gasteiger partial charge in [-0.05, 0) is 37.2 Å². The summed E-state index contributed by atoms with van der Waals surface area (Å²) in [5, 5.41) is 1.98. The Hall–Kier alpha value is -1.43. The van der Waals surface area contributed by atoms with Crippen molar-refractivity contribution in [1.29, 1.82) is 0 Å². The van der Waals surface area contributed by atoms with Crippen LogP contribution in [0.15, 0.2) is 18.2 Å². The van der Waals surface area contributed by atoms with Crippen LogP contribution in [0.25, 0.3) is 10.9 Å². The Morgan fingerprint density at radius 1 is 1.41 bits per heavy atom. The molecule has 86 valence electrons. The van der Waals surface area contributed by atoms with Crippen LogP contribution in [0.2, 0.25) is 5.02 Å². The molecule has 1 aliphatic heterocycles. The van der Waals surface area contributed by atoms with Gasteiger partial charge in [0, 0.05) is 35.2 Å². The molecule has 3 heteroatoms. The zero-order chi connectivity index (χ0) is 12.0. The van der Waals surface area contributed by atoms with Gasteiger partial charge in [0.15, 0.2) is 0 Å². The van der Waals surface area contributed by atoms with E-state index in [0.29, 0.717) is 0 Å². The minimum Gasteiger partial charge on any atom is -0.300 e. The lowest BCUT2D eigenvalue weighted by molar-refractivity contribution is 0.308. The maximum atomic E-state index is 6.07. The molecule has 2 heterocycles. The molecule has 0 amide bonds. The van der Waals surface area contributed by atoms with Gasteiger partial charge in [0.1, 0.15) is 0 Å². The summed E-state index contributed by atoms with van der Waals surface area (Å²) >= 11 is 6.07. The third kappa shape index (κ3) is 1.55. The number of benzene rings is 1. The molecule has 2 aromatic rings. The summed E-state index contributed by atoms with van der Waals surface area (Å²) in [7, 11) is 2.12. The van der Waals surface area contributed by atoms with Gasteiger partial charge in [-0.25, -0.2) is 0 Å². The van der Waals surface area contributed by atoms with Gasteiger partial charge in [0.25, 0.3) is 0 Å². The fourth-order valence-corrected chi connectivity index (χ4v) is 2.78. The summed E-state index contributed by atoms with van der Waals surface area (Å²) in [6, 6.07) is 8.69. The molecule has 0 saturated carbocycles. The van der Waals surface area contributed by atoms with Crippen LogP contribution in [0.4, 0.5) is 0 Å². The van der Waals surface area contributed by atoms with E-state index >= 15 is 0 Å². The maximum absolute atomic E-state index is 6.07. The van der Waals surface area contributed by atoms with Crippen molar-refractivity contribution in [2.75, 3.05) is 13.6 Å². The smallest absolute Gasteiger partial charge is 0.0619 e. The quantitative estimate of drug-likeness (QED) is 0.647. The highest BCUT2D eigenvalue weighted by Crippen LogP contribution is 2.31. The zero-order valence-corrected chi connectivity index (χ0v) is 10.5. The van der Waals surface area contributed by atoms with Gasteiger partial charge >= 0.3 is 0 Å². The molecule has 1 aliphatic rings. The Kier molecular flexibility index (Phi) is 2.39. The third-order valence-electron chi connectivity index (χ3n) is 3.44. The molecule has 0 bridgehead atoms. The van der Waals surface area contributed by atoms with E-state index in [2.05, 4.69) is 18.0 Å². The van der Waals surface area contributed by atoms with Crippen molar-refractivity contribution in [1.82, 2.24) is 9.47 Å². The van der Waals surface area contributed by atoms with E-state index < -0.39 is 0 Å². The van der Waals surface area contributed by atoms with Crippen LogP contribution in [-0.4, -0.2) is 23.1 Å². The van der Waals surface area contributed by atoms with E-state index in [1.165, 1.54) is 16.6 Å². The number of likely N-dealkylation sites (N-methyl/N-ethyl adjacent to an activating group) is 1. The Morgan fingerprint density at radius 3 is 3.00 bits per heavy atom. The van der Waals surface area contributed by atoms with Gasteiger partial charge in [-0.2, -0.15) is 0 Å². The van der Waals surface area contributed by atoms with Gasteiger partial charge in [-0.15, -0.1) is 0 Å². The molecule has 2 nitrogen and oxygen atoms in total. The third-order valence-corrected chi connectivity index (χ3v) is 3.67. The van der Waals surface area contributed by atoms with Crippen molar-refractivity contribution >= 4 is 22.5 Å². The van der Waals surface area contributed by atoms with Crippen LogP contribution in [0.1, 0.15) is 11.3 Å². The van der Waals surface area contributed by atoms with Crippen LogP contribution >= 0.6 is 11.6 Å². The molecule has 3 rings (SSSR count). The summed E-state index contributed by atoms with van der Waals surface area (Å²) in [4.78, 5) is 2.29. The average molecular weight is 245 g/mol. The summed E-state index contributed by atoms with van der Waals surface area (Å²) < 4.78 is 1.96. The molecule has 0 atom stereocenters. The largest absolute Gasteiger partial charge is 0.300 e. The fraction of sp³-hybridized carbons (Fsp3) is 0.286. The SMILES string of the molecule is C#Cn1c2c(c3cc(Cl)ccc31)CCN(C)C2. The van der Waals surface area contributed by atoms with Crippen LogP contribution < -0.4 is 0 Å². The summed E-state index contributed by atoms with van der Waals surface area (Å²) in [6.07, 6.45) is 6.67. The number of nitrogens with zero attached hydrogens (tertiary/aromatic N) is 2. The van der Waals surface area contributed by atoms with E-state index in [9.17, 15) is 0 Å². The van der Waals surface area contributed by atoms with Crippen molar-refractivity contribution in [3.8, 4) is 12.5 Å². The second-order valence-electron chi connectivity index (χ2n) is 4.54. The Balaban J connectivity index is 2.36. The molecule has 0 saturated heterocycles. The van der Waals surface area contributed by atoms with E-state index in [4.69, 9.17) is 18.0 Å². The molecule has 0 radical (unpaired) electrons. The zero-order valence-electron chi connectivity index (χ0n) is 9.70. The maximum Gasteiger partial charge on any atom is 0.0619 e. The molecular weight excluding hydrogens is 232 g/mol. The van der Waals surface area contributed by atoms with Crippen LogP contribution in [0.5, 0.6) is 0 Å². The lowest BCUT2D eigenvalue weighted by atomic mass is 10.0. The molecule has 0 N–H and O–H groups in total. The van der Waals surface area contributed by atoms with Gasteiger partial charge in [0.2, 0.25) is 0 Å². The van der Waals surface area contributed by atoms with Crippen LogP contribution in [-0.2, 0) is 13.0 Å². The van der Waals surface area contributed by atoms with Gasteiger partial charge in [-0.1, -0.05) is 18.0 Å². The number of terminal acetylenes is 1. The highest BCUT2D eigenvalue weighted by Gasteiger charge is 2.21. The van der Waals surface area contributed by atoms with Crippen molar-refractivity contribution in [3.63, 3.8) is 0 Å². The average Bonchev–Trinajstić information content (AvgIpc) is 2.61. The molecule has 0 aliphatic carbocycles. The minimum atomic E-state index is 0.772. The highest BCUT2D eigenvalue weighted by molar-refractivity contribution is 6.31. The molecule has 1 aromatic heterocycles. The Labute approximate surface area is 106 Å². The standard InChI is InChI=1S/C14H13ClN2/c1-3-17-13-5-4-10(15)8-12(13)11-6-7-16(2)9-14(11)17/h1,4-5,8H,6-7,9H2,2H3. The van der Waals surface area contributed by atoms with E-state index in [1.54, 1.807) is 0 Å². The first kappa shape index (κ1) is 10.7. The van der Waals surface area contributed by atoms with Crippen molar-refractivity contribution < 1.29 is 0 Å². The predicted molar refractivity (Wildman–Crippen MR) is 71.2 cm³/mol. The molecule has 0 spiro atoms. The number of hydrogen-bond acceptors (Lipinski definition) is 1. The lowest BCUT2D eigenvalue weighted by Crippen LogP contribution is -2.27. The number of aromatic nitrogens is 1. The second-order valence-corrected chi connectivity index (χ2v) is 4.98.